The van der Waals surface area contributed by atoms with Crippen molar-refractivity contribution in [2.75, 3.05) is 39.4 Å². The Kier molecular flexibility index (Phi) is 6.42. The van der Waals surface area contributed by atoms with Gasteiger partial charge in [-0.2, -0.15) is 0 Å². The molecule has 2 aliphatic heterocycles. The lowest BCUT2D eigenvalue weighted by atomic mass is 9.78. The summed E-state index contributed by atoms with van der Waals surface area (Å²) in [5.74, 6) is 0.530. The van der Waals surface area contributed by atoms with Crippen LogP contribution < -0.4 is 0 Å². The summed E-state index contributed by atoms with van der Waals surface area (Å²) in [7, 11) is 0. The lowest BCUT2D eigenvalue weighted by Gasteiger charge is -2.41. The Morgan fingerprint density at radius 3 is 2.79 bits per heavy atom. The molecule has 4 heterocycles. The topological polar surface area (TPSA) is 63.0 Å². The molecule has 1 amide bonds. The van der Waals surface area contributed by atoms with Gasteiger partial charge < -0.3 is 14.0 Å². The fourth-order valence-corrected chi connectivity index (χ4v) is 5.10. The van der Waals surface area contributed by atoms with Crippen LogP contribution in [0.3, 0.4) is 0 Å². The molecular weight excluding hydrogens is 414 g/mol. The van der Waals surface area contributed by atoms with E-state index in [9.17, 15) is 4.79 Å². The van der Waals surface area contributed by atoms with Crippen LogP contribution in [0.25, 0.3) is 5.65 Å². The summed E-state index contributed by atoms with van der Waals surface area (Å²) >= 11 is 0. The van der Waals surface area contributed by atoms with Crippen molar-refractivity contribution in [3.63, 3.8) is 0 Å². The van der Waals surface area contributed by atoms with Crippen LogP contribution in [0.2, 0.25) is 0 Å². The number of carbonyl (C=O) groups is 1. The number of benzene rings is 1. The first-order chi connectivity index (χ1) is 16.1. The maximum Gasteiger partial charge on any atom is 0.228 e. The van der Waals surface area contributed by atoms with Gasteiger partial charge >= 0.3 is 0 Å². The van der Waals surface area contributed by atoms with Gasteiger partial charge in [-0.3, -0.25) is 14.7 Å². The van der Waals surface area contributed by atoms with Crippen molar-refractivity contribution in [3.8, 4) is 0 Å². The molecule has 0 saturated carbocycles. The lowest BCUT2D eigenvalue weighted by molar-refractivity contribution is -0.144. The van der Waals surface area contributed by atoms with E-state index in [1.54, 1.807) is 12.4 Å². The van der Waals surface area contributed by atoms with Crippen molar-refractivity contribution in [1.29, 1.82) is 0 Å². The standard InChI is InChI=1S/C26H33N5O2/c1-26(7-10-29(11-8-26)17-21-5-3-2-4-6-21)25(32)31-13-14-33-20-22(18-31)15-23-19-30-12-9-27-24(30)16-28-23/h2-6,9,12,16,19,22H,7-8,10-11,13-15,17-18,20H2,1H3/t22-/m0/s1. The minimum atomic E-state index is -0.296. The van der Waals surface area contributed by atoms with Gasteiger partial charge in [-0.25, -0.2) is 4.98 Å². The highest BCUT2D eigenvalue weighted by atomic mass is 16.5. The van der Waals surface area contributed by atoms with Crippen LogP contribution >= 0.6 is 0 Å². The first kappa shape index (κ1) is 22.0. The zero-order valence-corrected chi connectivity index (χ0v) is 19.4. The molecule has 0 radical (unpaired) electrons. The molecule has 0 aliphatic carbocycles. The van der Waals surface area contributed by atoms with E-state index in [1.165, 1.54) is 5.56 Å². The third-order valence-electron chi connectivity index (χ3n) is 7.18. The van der Waals surface area contributed by atoms with E-state index in [2.05, 4.69) is 57.0 Å². The summed E-state index contributed by atoms with van der Waals surface area (Å²) in [4.78, 5) is 27.0. The average Bonchev–Trinajstić information content (AvgIpc) is 3.18. The minimum Gasteiger partial charge on any atom is -0.379 e. The Labute approximate surface area is 195 Å². The van der Waals surface area contributed by atoms with Gasteiger partial charge in [-0.05, 0) is 37.9 Å². The molecule has 7 nitrogen and oxygen atoms in total. The number of amides is 1. The zero-order chi connectivity index (χ0) is 22.7. The molecule has 174 valence electrons. The molecule has 1 atom stereocenters. The predicted molar refractivity (Wildman–Crippen MR) is 127 cm³/mol. The maximum absolute atomic E-state index is 13.7. The summed E-state index contributed by atoms with van der Waals surface area (Å²) in [6, 6.07) is 10.6. The minimum absolute atomic E-state index is 0.242. The highest BCUT2D eigenvalue weighted by molar-refractivity contribution is 5.82. The van der Waals surface area contributed by atoms with Crippen LogP contribution in [0.1, 0.15) is 31.0 Å². The monoisotopic (exact) mass is 447 g/mol. The smallest absolute Gasteiger partial charge is 0.228 e. The first-order valence-electron chi connectivity index (χ1n) is 12.0. The molecule has 2 aliphatic rings. The molecule has 0 unspecified atom stereocenters. The Balaban J connectivity index is 1.20. The van der Waals surface area contributed by atoms with Gasteiger partial charge in [-0.1, -0.05) is 37.3 Å². The number of fused-ring (bicyclic) bond motifs is 1. The molecule has 0 spiro atoms. The Morgan fingerprint density at radius 2 is 1.97 bits per heavy atom. The SMILES string of the molecule is CC1(C(=O)N2CCOC[C@@H](Cc3cn4ccnc4cn3)C2)CCN(Cc2ccccc2)CC1. The van der Waals surface area contributed by atoms with E-state index >= 15 is 0 Å². The summed E-state index contributed by atoms with van der Waals surface area (Å²) in [5, 5.41) is 0. The van der Waals surface area contributed by atoms with Crippen molar-refractivity contribution in [1.82, 2.24) is 24.2 Å². The lowest BCUT2D eigenvalue weighted by Crippen LogP contribution is -2.50. The molecule has 5 rings (SSSR count). The summed E-state index contributed by atoms with van der Waals surface area (Å²) < 4.78 is 7.88. The molecule has 2 fully saturated rings. The number of hydrogen-bond donors (Lipinski definition) is 0. The number of imidazole rings is 1. The highest BCUT2D eigenvalue weighted by Gasteiger charge is 2.40. The number of aromatic nitrogens is 3. The number of piperidine rings is 1. The van der Waals surface area contributed by atoms with Gasteiger partial charge in [0.05, 0.1) is 25.1 Å². The number of likely N-dealkylation sites (tertiary alicyclic amines) is 1. The Hall–Kier alpha value is -2.77. The van der Waals surface area contributed by atoms with Crippen LogP contribution in [0.5, 0.6) is 0 Å². The Morgan fingerprint density at radius 1 is 1.15 bits per heavy atom. The van der Waals surface area contributed by atoms with Crippen molar-refractivity contribution >= 4 is 11.6 Å². The van der Waals surface area contributed by atoms with Gasteiger partial charge in [0.2, 0.25) is 5.91 Å². The highest BCUT2D eigenvalue weighted by Crippen LogP contribution is 2.34. The van der Waals surface area contributed by atoms with E-state index in [4.69, 9.17) is 4.74 Å². The van der Waals surface area contributed by atoms with Crippen molar-refractivity contribution in [3.05, 3.63) is 66.4 Å². The third kappa shape index (κ3) is 5.09. The van der Waals surface area contributed by atoms with Gasteiger partial charge in [0.15, 0.2) is 5.65 Å². The third-order valence-corrected chi connectivity index (χ3v) is 7.18. The molecule has 2 saturated heterocycles. The van der Waals surface area contributed by atoms with Gasteiger partial charge in [0.1, 0.15) is 0 Å². The van der Waals surface area contributed by atoms with E-state index in [0.717, 1.165) is 56.8 Å². The number of hydrogen-bond acceptors (Lipinski definition) is 5. The summed E-state index contributed by atoms with van der Waals surface area (Å²) in [6.45, 7) is 7.70. The van der Waals surface area contributed by atoms with Crippen LogP contribution in [-0.4, -0.2) is 69.5 Å². The quantitative estimate of drug-likeness (QED) is 0.602. The van der Waals surface area contributed by atoms with Crippen molar-refractivity contribution < 1.29 is 9.53 Å². The van der Waals surface area contributed by atoms with Crippen LogP contribution in [0.15, 0.2) is 55.1 Å². The molecule has 2 aromatic heterocycles. The predicted octanol–water partition coefficient (Wildman–Crippen LogP) is 3.05. The van der Waals surface area contributed by atoms with Crippen molar-refractivity contribution in [2.45, 2.75) is 32.7 Å². The van der Waals surface area contributed by atoms with E-state index in [1.807, 2.05) is 16.8 Å². The number of ether oxygens (including phenoxy) is 1. The van der Waals surface area contributed by atoms with E-state index < -0.39 is 0 Å². The fraction of sp³-hybridized carbons (Fsp3) is 0.500. The van der Waals surface area contributed by atoms with E-state index in [0.29, 0.717) is 19.8 Å². The largest absolute Gasteiger partial charge is 0.379 e. The van der Waals surface area contributed by atoms with E-state index in [-0.39, 0.29) is 17.2 Å². The summed E-state index contributed by atoms with van der Waals surface area (Å²) in [6.07, 6.45) is 10.1. The zero-order valence-electron chi connectivity index (χ0n) is 19.4. The van der Waals surface area contributed by atoms with Gasteiger partial charge in [0.25, 0.3) is 0 Å². The molecule has 33 heavy (non-hydrogen) atoms. The first-order valence-corrected chi connectivity index (χ1v) is 12.0. The van der Waals surface area contributed by atoms with Gasteiger partial charge in [-0.15, -0.1) is 0 Å². The maximum atomic E-state index is 13.7. The normalized spacial score (nSPS) is 21.7. The van der Waals surface area contributed by atoms with Crippen molar-refractivity contribution in [2.24, 2.45) is 11.3 Å². The molecule has 7 heteroatoms. The fourth-order valence-electron chi connectivity index (χ4n) is 5.10. The molecule has 3 aromatic rings. The van der Waals surface area contributed by atoms with Gasteiger partial charge in [0, 0.05) is 49.6 Å². The molecule has 1 aromatic carbocycles. The van der Waals surface area contributed by atoms with Crippen LogP contribution in [0.4, 0.5) is 0 Å². The number of rotatable bonds is 5. The number of carbonyl (C=O) groups excluding carboxylic acids is 1. The Bertz CT molecular complexity index is 1070. The van der Waals surface area contributed by atoms with Crippen LogP contribution in [-0.2, 0) is 22.5 Å². The number of nitrogens with zero attached hydrogens (tertiary/aromatic N) is 5. The second-order valence-corrected chi connectivity index (χ2v) is 9.79. The second-order valence-electron chi connectivity index (χ2n) is 9.79. The average molecular weight is 448 g/mol. The molecule has 0 N–H and O–H groups in total. The molecule has 0 bridgehead atoms. The second kappa shape index (κ2) is 9.61. The summed E-state index contributed by atoms with van der Waals surface area (Å²) in [5.41, 5.74) is 2.89. The van der Waals surface area contributed by atoms with Crippen LogP contribution in [0, 0.1) is 11.3 Å². The molecular formula is C26H33N5O2.